The van der Waals surface area contributed by atoms with Crippen molar-refractivity contribution in [3.8, 4) is 11.5 Å². The first-order valence-corrected chi connectivity index (χ1v) is 9.37. The van der Waals surface area contributed by atoms with E-state index in [9.17, 15) is 4.79 Å². The number of nitrogens with one attached hydrogen (secondary N) is 1. The van der Waals surface area contributed by atoms with Crippen LogP contribution >= 0.6 is 34.5 Å². The molecule has 0 radical (unpaired) electrons. The van der Waals surface area contributed by atoms with Gasteiger partial charge in [0.1, 0.15) is 5.01 Å². The molecule has 0 saturated carbocycles. The van der Waals surface area contributed by atoms with Crippen molar-refractivity contribution in [1.82, 2.24) is 10.2 Å². The molecule has 1 heterocycles. The second kappa shape index (κ2) is 8.56. The van der Waals surface area contributed by atoms with E-state index in [4.69, 9.17) is 32.7 Å². The molecule has 0 aliphatic heterocycles. The van der Waals surface area contributed by atoms with Crippen LogP contribution in [0.15, 0.2) is 36.4 Å². The first kappa shape index (κ1) is 19.4. The number of benzene rings is 2. The van der Waals surface area contributed by atoms with Crippen LogP contribution in [-0.4, -0.2) is 30.3 Å². The summed E-state index contributed by atoms with van der Waals surface area (Å²) in [5, 5.41) is 12.7. The lowest BCUT2D eigenvalue weighted by Crippen LogP contribution is -2.11. The van der Waals surface area contributed by atoms with E-state index in [1.54, 1.807) is 26.4 Å². The first-order chi connectivity index (χ1) is 13.0. The number of anilines is 1. The number of carbonyl (C=O) groups is 1. The fourth-order valence-electron chi connectivity index (χ4n) is 2.35. The fourth-order valence-corrected chi connectivity index (χ4v) is 3.41. The monoisotopic (exact) mass is 423 g/mol. The normalized spacial score (nSPS) is 10.5. The average molecular weight is 424 g/mol. The third kappa shape index (κ3) is 4.68. The van der Waals surface area contributed by atoms with E-state index < -0.39 is 0 Å². The molecule has 0 unspecified atom stereocenters. The van der Waals surface area contributed by atoms with Crippen LogP contribution in [0.1, 0.15) is 20.9 Å². The Morgan fingerprint density at radius 3 is 2.52 bits per heavy atom. The molecule has 0 saturated heterocycles. The van der Waals surface area contributed by atoms with Gasteiger partial charge in [-0.3, -0.25) is 10.1 Å². The number of hydrogen-bond donors (Lipinski definition) is 1. The molecule has 0 spiro atoms. The Balaban J connectivity index is 1.69. The van der Waals surface area contributed by atoms with Crippen LogP contribution in [0.4, 0.5) is 5.13 Å². The minimum Gasteiger partial charge on any atom is -0.493 e. The van der Waals surface area contributed by atoms with Crippen LogP contribution in [-0.2, 0) is 6.42 Å². The second-order valence-corrected chi connectivity index (χ2v) is 7.33. The molecule has 1 N–H and O–H groups in total. The maximum absolute atomic E-state index is 12.3. The van der Waals surface area contributed by atoms with E-state index in [0.29, 0.717) is 38.7 Å². The predicted octanol–water partition coefficient (Wildman–Crippen LogP) is 4.71. The molecule has 6 nitrogen and oxygen atoms in total. The van der Waals surface area contributed by atoms with Crippen molar-refractivity contribution in [2.45, 2.75) is 6.42 Å². The zero-order valence-electron chi connectivity index (χ0n) is 14.5. The lowest BCUT2D eigenvalue weighted by Gasteiger charge is -2.08. The molecule has 2 aromatic carbocycles. The summed E-state index contributed by atoms with van der Waals surface area (Å²) in [7, 11) is 3.17. The lowest BCUT2D eigenvalue weighted by molar-refractivity contribution is 0.102. The zero-order valence-corrected chi connectivity index (χ0v) is 16.8. The SMILES string of the molecule is COc1ccc(Cc2nnc(NC(=O)c3ccc(Cl)c(Cl)c3)s2)cc1OC. The molecule has 0 aliphatic rings. The molecule has 0 bridgehead atoms. The van der Waals surface area contributed by atoms with E-state index in [1.165, 1.54) is 17.4 Å². The van der Waals surface area contributed by atoms with Gasteiger partial charge in [-0.25, -0.2) is 0 Å². The topological polar surface area (TPSA) is 73.3 Å². The molecule has 9 heteroatoms. The van der Waals surface area contributed by atoms with E-state index in [1.807, 2.05) is 18.2 Å². The van der Waals surface area contributed by atoms with Crippen LogP contribution in [0.25, 0.3) is 0 Å². The number of halogens is 2. The Hall–Kier alpha value is -2.35. The molecule has 0 fully saturated rings. The van der Waals surface area contributed by atoms with Gasteiger partial charge in [0, 0.05) is 12.0 Å². The number of methoxy groups -OCH3 is 2. The Bertz CT molecular complexity index is 978. The van der Waals surface area contributed by atoms with Gasteiger partial charge in [0.15, 0.2) is 11.5 Å². The van der Waals surface area contributed by atoms with Crippen molar-refractivity contribution >= 4 is 45.6 Å². The first-order valence-electron chi connectivity index (χ1n) is 7.80. The molecule has 27 heavy (non-hydrogen) atoms. The minimum atomic E-state index is -0.331. The van der Waals surface area contributed by atoms with E-state index in [0.717, 1.165) is 10.6 Å². The summed E-state index contributed by atoms with van der Waals surface area (Å²) in [5.74, 6) is 0.975. The largest absolute Gasteiger partial charge is 0.493 e. The highest BCUT2D eigenvalue weighted by molar-refractivity contribution is 7.15. The quantitative estimate of drug-likeness (QED) is 0.621. The Kier molecular flexibility index (Phi) is 6.15. The smallest absolute Gasteiger partial charge is 0.257 e. The molecule has 140 valence electrons. The maximum atomic E-state index is 12.3. The zero-order chi connectivity index (χ0) is 19.4. The number of amides is 1. The molecule has 0 atom stereocenters. The number of hydrogen-bond acceptors (Lipinski definition) is 6. The standard InChI is InChI=1S/C18H15Cl2N3O3S/c1-25-14-6-3-10(7-15(14)26-2)8-16-22-23-18(27-16)21-17(24)11-4-5-12(19)13(20)9-11/h3-7,9H,8H2,1-2H3,(H,21,23,24). The van der Waals surface area contributed by atoms with Crippen molar-refractivity contribution in [3.63, 3.8) is 0 Å². The van der Waals surface area contributed by atoms with Crippen LogP contribution in [0, 0.1) is 0 Å². The molecule has 1 aromatic heterocycles. The molecule has 3 aromatic rings. The van der Waals surface area contributed by atoms with Gasteiger partial charge < -0.3 is 9.47 Å². The molecular weight excluding hydrogens is 409 g/mol. The van der Waals surface area contributed by atoms with Crippen molar-refractivity contribution in [2.24, 2.45) is 0 Å². The van der Waals surface area contributed by atoms with Gasteiger partial charge in [0.25, 0.3) is 5.91 Å². The van der Waals surface area contributed by atoms with Gasteiger partial charge in [-0.1, -0.05) is 40.6 Å². The third-order valence-corrected chi connectivity index (χ3v) is 5.25. The molecular formula is C18H15Cl2N3O3S. The number of carbonyl (C=O) groups excluding carboxylic acids is 1. The summed E-state index contributed by atoms with van der Waals surface area (Å²) in [6.07, 6.45) is 0.556. The van der Waals surface area contributed by atoms with E-state index in [-0.39, 0.29) is 5.91 Å². The van der Waals surface area contributed by atoms with Gasteiger partial charge in [-0.2, -0.15) is 0 Å². The summed E-state index contributed by atoms with van der Waals surface area (Å²) < 4.78 is 10.5. The molecule has 3 rings (SSSR count). The second-order valence-electron chi connectivity index (χ2n) is 5.45. The predicted molar refractivity (Wildman–Crippen MR) is 107 cm³/mol. The van der Waals surface area contributed by atoms with E-state index >= 15 is 0 Å². The fraction of sp³-hybridized carbons (Fsp3) is 0.167. The summed E-state index contributed by atoms with van der Waals surface area (Å²) in [4.78, 5) is 12.3. The summed E-state index contributed by atoms with van der Waals surface area (Å²) in [5.41, 5.74) is 1.38. The maximum Gasteiger partial charge on any atom is 0.257 e. The summed E-state index contributed by atoms with van der Waals surface area (Å²) in [6, 6.07) is 10.3. The highest BCUT2D eigenvalue weighted by Crippen LogP contribution is 2.29. The summed E-state index contributed by atoms with van der Waals surface area (Å²) >= 11 is 13.1. The van der Waals surface area contributed by atoms with Gasteiger partial charge in [0.05, 0.1) is 24.3 Å². The van der Waals surface area contributed by atoms with Gasteiger partial charge >= 0.3 is 0 Å². The highest BCUT2D eigenvalue weighted by atomic mass is 35.5. The van der Waals surface area contributed by atoms with Gasteiger partial charge in [-0.05, 0) is 35.9 Å². The number of rotatable bonds is 6. The van der Waals surface area contributed by atoms with Gasteiger partial charge in [0.2, 0.25) is 5.13 Å². The average Bonchev–Trinajstić information content (AvgIpc) is 3.10. The van der Waals surface area contributed by atoms with Crippen LogP contribution in [0.3, 0.4) is 0 Å². The minimum absolute atomic E-state index is 0.315. The van der Waals surface area contributed by atoms with Crippen molar-refractivity contribution in [1.29, 1.82) is 0 Å². The third-order valence-electron chi connectivity index (χ3n) is 3.67. The van der Waals surface area contributed by atoms with Gasteiger partial charge in [-0.15, -0.1) is 10.2 Å². The van der Waals surface area contributed by atoms with Crippen molar-refractivity contribution < 1.29 is 14.3 Å². The van der Waals surface area contributed by atoms with Crippen LogP contribution in [0.2, 0.25) is 10.0 Å². The van der Waals surface area contributed by atoms with Crippen LogP contribution < -0.4 is 14.8 Å². The highest BCUT2D eigenvalue weighted by Gasteiger charge is 2.13. The lowest BCUT2D eigenvalue weighted by atomic mass is 10.1. The van der Waals surface area contributed by atoms with Crippen molar-refractivity contribution in [3.05, 3.63) is 62.6 Å². The Morgan fingerprint density at radius 2 is 1.81 bits per heavy atom. The van der Waals surface area contributed by atoms with Crippen LogP contribution in [0.5, 0.6) is 11.5 Å². The number of aromatic nitrogens is 2. The Morgan fingerprint density at radius 1 is 1.04 bits per heavy atom. The van der Waals surface area contributed by atoms with Crippen molar-refractivity contribution in [2.75, 3.05) is 19.5 Å². The number of ether oxygens (including phenoxy) is 2. The van der Waals surface area contributed by atoms with E-state index in [2.05, 4.69) is 15.5 Å². The molecule has 0 aliphatic carbocycles. The summed E-state index contributed by atoms with van der Waals surface area (Å²) in [6.45, 7) is 0. The molecule has 1 amide bonds. The number of nitrogens with zero attached hydrogens (tertiary/aromatic N) is 2. The Labute approximate surface area is 170 Å².